The van der Waals surface area contributed by atoms with Gasteiger partial charge in [0.15, 0.2) is 0 Å². The number of hydrogen-bond acceptors (Lipinski definition) is 2. The summed E-state index contributed by atoms with van der Waals surface area (Å²) in [5, 5.41) is 0. The lowest BCUT2D eigenvalue weighted by atomic mass is 10.0. The van der Waals surface area contributed by atoms with Gasteiger partial charge in [0.1, 0.15) is 12.4 Å². The molecule has 0 unspecified atom stereocenters. The summed E-state index contributed by atoms with van der Waals surface area (Å²) >= 11 is 0. The van der Waals surface area contributed by atoms with E-state index in [1.54, 1.807) is 12.4 Å². The van der Waals surface area contributed by atoms with Crippen LogP contribution in [0, 0.1) is 12.3 Å². The zero-order valence-corrected chi connectivity index (χ0v) is 12.1. The van der Waals surface area contributed by atoms with Gasteiger partial charge in [0.25, 0.3) is 0 Å². The highest BCUT2D eigenvalue weighted by molar-refractivity contribution is 5.75. The van der Waals surface area contributed by atoms with Gasteiger partial charge in [0, 0.05) is 23.5 Å². The van der Waals surface area contributed by atoms with Crippen molar-refractivity contribution in [2.24, 2.45) is 0 Å². The van der Waals surface area contributed by atoms with Crippen LogP contribution in [0.4, 0.5) is 0 Å². The van der Waals surface area contributed by atoms with Crippen LogP contribution >= 0.6 is 0 Å². The minimum atomic E-state index is 0.522. The maximum absolute atomic E-state index is 5.99. The molecule has 0 aliphatic rings. The number of ether oxygens (including phenoxy) is 1. The monoisotopic (exact) mass is 285 g/mol. The SMILES string of the molecule is C#Cc1cnccc1-c1ccccc1OCc1ccccc1. The topological polar surface area (TPSA) is 22.1 Å². The molecule has 0 bridgehead atoms. The summed E-state index contributed by atoms with van der Waals surface area (Å²) in [5.41, 5.74) is 3.83. The zero-order chi connectivity index (χ0) is 15.2. The first-order chi connectivity index (χ1) is 10.9. The van der Waals surface area contributed by atoms with Crippen molar-refractivity contribution in [3.63, 3.8) is 0 Å². The fourth-order valence-corrected chi connectivity index (χ4v) is 2.29. The lowest BCUT2D eigenvalue weighted by molar-refractivity contribution is 0.307. The second-order valence-electron chi connectivity index (χ2n) is 4.84. The number of hydrogen-bond donors (Lipinski definition) is 0. The molecule has 1 aromatic heterocycles. The summed E-state index contributed by atoms with van der Waals surface area (Å²) < 4.78 is 5.99. The summed E-state index contributed by atoms with van der Waals surface area (Å²) in [6, 6.07) is 19.9. The molecular formula is C20H15NO. The van der Waals surface area contributed by atoms with Gasteiger partial charge in [0.2, 0.25) is 0 Å². The predicted molar refractivity (Wildman–Crippen MR) is 88.4 cm³/mol. The number of nitrogens with zero attached hydrogens (tertiary/aromatic N) is 1. The molecule has 0 atom stereocenters. The fourth-order valence-electron chi connectivity index (χ4n) is 2.29. The van der Waals surface area contributed by atoms with E-state index in [0.717, 1.165) is 28.0 Å². The number of aromatic nitrogens is 1. The van der Waals surface area contributed by atoms with Crippen molar-refractivity contribution in [1.29, 1.82) is 0 Å². The molecule has 0 N–H and O–H groups in total. The third kappa shape index (κ3) is 2.99. The molecule has 0 saturated heterocycles. The molecule has 2 aromatic carbocycles. The van der Waals surface area contributed by atoms with E-state index in [1.165, 1.54) is 0 Å². The number of para-hydroxylation sites is 1. The molecule has 2 nitrogen and oxygen atoms in total. The summed E-state index contributed by atoms with van der Waals surface area (Å²) in [7, 11) is 0. The Labute approximate surface area is 130 Å². The summed E-state index contributed by atoms with van der Waals surface area (Å²) in [6.07, 6.45) is 9.01. The van der Waals surface area contributed by atoms with E-state index < -0.39 is 0 Å². The molecule has 0 aliphatic carbocycles. The minimum Gasteiger partial charge on any atom is -0.488 e. The first-order valence-electron chi connectivity index (χ1n) is 7.05. The van der Waals surface area contributed by atoms with Crippen molar-refractivity contribution in [3.05, 3.63) is 84.2 Å². The highest BCUT2D eigenvalue weighted by atomic mass is 16.5. The first-order valence-corrected chi connectivity index (χ1v) is 7.05. The average molecular weight is 285 g/mol. The van der Waals surface area contributed by atoms with Crippen LogP contribution < -0.4 is 4.74 Å². The van der Waals surface area contributed by atoms with E-state index in [0.29, 0.717) is 6.61 Å². The van der Waals surface area contributed by atoms with Crippen molar-refractivity contribution < 1.29 is 4.74 Å². The molecule has 0 amide bonds. The maximum atomic E-state index is 5.99. The van der Waals surface area contributed by atoms with Crippen molar-refractivity contribution in [1.82, 2.24) is 4.98 Å². The molecule has 0 fully saturated rings. The van der Waals surface area contributed by atoms with Gasteiger partial charge in [-0.25, -0.2) is 0 Å². The maximum Gasteiger partial charge on any atom is 0.127 e. The van der Waals surface area contributed by atoms with Crippen LogP contribution in [0.1, 0.15) is 11.1 Å². The van der Waals surface area contributed by atoms with Gasteiger partial charge < -0.3 is 4.74 Å². The Hall–Kier alpha value is -3.05. The molecule has 1 heterocycles. The normalized spacial score (nSPS) is 9.95. The van der Waals surface area contributed by atoms with E-state index in [9.17, 15) is 0 Å². The standard InChI is InChI=1S/C20H15NO/c1-2-17-14-21-13-12-18(17)19-10-6-7-11-20(19)22-15-16-8-4-3-5-9-16/h1,3-14H,15H2. The first kappa shape index (κ1) is 13.9. The number of pyridine rings is 1. The lowest BCUT2D eigenvalue weighted by Gasteiger charge is -2.12. The molecule has 0 aliphatic heterocycles. The van der Waals surface area contributed by atoms with E-state index in [1.807, 2.05) is 60.7 Å². The van der Waals surface area contributed by atoms with Crippen LogP contribution in [0.5, 0.6) is 5.75 Å². The van der Waals surface area contributed by atoms with Crippen molar-refractivity contribution in [2.75, 3.05) is 0 Å². The summed E-state index contributed by atoms with van der Waals surface area (Å²) in [5.74, 6) is 3.49. The van der Waals surface area contributed by atoms with Crippen molar-refractivity contribution in [2.45, 2.75) is 6.61 Å². The molecule has 0 radical (unpaired) electrons. The molecule has 0 spiro atoms. The van der Waals surface area contributed by atoms with Crippen LogP contribution in [-0.4, -0.2) is 4.98 Å². The van der Waals surface area contributed by atoms with Crippen LogP contribution in [-0.2, 0) is 6.61 Å². The molecule has 3 aromatic rings. The number of benzene rings is 2. The molecule has 106 valence electrons. The van der Waals surface area contributed by atoms with E-state index in [-0.39, 0.29) is 0 Å². The summed E-state index contributed by atoms with van der Waals surface area (Å²) in [6.45, 7) is 0.522. The third-order valence-electron chi connectivity index (χ3n) is 3.39. The van der Waals surface area contributed by atoms with Gasteiger partial charge in [-0.05, 0) is 17.7 Å². The van der Waals surface area contributed by atoms with Gasteiger partial charge in [0.05, 0.1) is 5.56 Å². The van der Waals surface area contributed by atoms with E-state index >= 15 is 0 Å². The molecule has 22 heavy (non-hydrogen) atoms. The second kappa shape index (κ2) is 6.60. The van der Waals surface area contributed by atoms with Crippen LogP contribution in [0.3, 0.4) is 0 Å². The second-order valence-corrected chi connectivity index (χ2v) is 4.84. The van der Waals surface area contributed by atoms with Crippen LogP contribution in [0.2, 0.25) is 0 Å². The molecule has 0 saturated carbocycles. The Bertz CT molecular complexity index is 803. The van der Waals surface area contributed by atoms with Crippen molar-refractivity contribution >= 4 is 0 Å². The fraction of sp³-hybridized carbons (Fsp3) is 0.0500. The predicted octanol–water partition coefficient (Wildman–Crippen LogP) is 4.31. The van der Waals surface area contributed by atoms with Gasteiger partial charge in [-0.3, -0.25) is 4.98 Å². The largest absolute Gasteiger partial charge is 0.488 e. The van der Waals surface area contributed by atoms with E-state index in [4.69, 9.17) is 11.2 Å². The number of terminal acetylenes is 1. The Morgan fingerprint density at radius 1 is 0.909 bits per heavy atom. The van der Waals surface area contributed by atoms with Crippen LogP contribution in [0.15, 0.2) is 73.1 Å². The lowest BCUT2D eigenvalue weighted by Crippen LogP contribution is -1.97. The molecule has 2 heteroatoms. The van der Waals surface area contributed by atoms with Crippen molar-refractivity contribution in [3.8, 4) is 29.2 Å². The smallest absolute Gasteiger partial charge is 0.127 e. The van der Waals surface area contributed by atoms with Crippen LogP contribution in [0.25, 0.3) is 11.1 Å². The molecule has 3 rings (SSSR count). The quantitative estimate of drug-likeness (QED) is 0.666. The van der Waals surface area contributed by atoms with Gasteiger partial charge in [-0.2, -0.15) is 0 Å². The van der Waals surface area contributed by atoms with Gasteiger partial charge in [-0.15, -0.1) is 6.42 Å². The highest BCUT2D eigenvalue weighted by Gasteiger charge is 2.09. The highest BCUT2D eigenvalue weighted by Crippen LogP contribution is 2.32. The molecular weight excluding hydrogens is 270 g/mol. The Morgan fingerprint density at radius 2 is 1.68 bits per heavy atom. The Kier molecular flexibility index (Phi) is 4.17. The Morgan fingerprint density at radius 3 is 2.50 bits per heavy atom. The van der Waals surface area contributed by atoms with Gasteiger partial charge >= 0.3 is 0 Å². The third-order valence-corrected chi connectivity index (χ3v) is 3.39. The average Bonchev–Trinajstić information content (AvgIpc) is 2.61. The van der Waals surface area contributed by atoms with E-state index in [2.05, 4.69) is 10.9 Å². The zero-order valence-electron chi connectivity index (χ0n) is 12.1. The summed E-state index contributed by atoms with van der Waals surface area (Å²) in [4.78, 5) is 4.08. The minimum absolute atomic E-state index is 0.522. The van der Waals surface area contributed by atoms with Gasteiger partial charge in [-0.1, -0.05) is 54.5 Å². The Balaban J connectivity index is 1.92. The number of rotatable bonds is 4.